The van der Waals surface area contributed by atoms with Crippen LogP contribution in [0.15, 0.2) is 24.3 Å². The number of rotatable bonds is 9. The monoisotopic (exact) mass is 336 g/mol. The molecule has 0 aliphatic carbocycles. The topological polar surface area (TPSA) is 105 Å². The molecule has 3 N–H and O–H groups in total. The lowest BCUT2D eigenvalue weighted by Crippen LogP contribution is -2.47. The number of ether oxygens (including phenoxy) is 1. The minimum Gasteiger partial charge on any atom is -0.494 e. The molecule has 2 amide bonds. The predicted octanol–water partition coefficient (Wildman–Crippen LogP) is 1.57. The van der Waals surface area contributed by atoms with Crippen molar-refractivity contribution in [3.05, 3.63) is 29.8 Å². The van der Waals surface area contributed by atoms with E-state index in [-0.39, 0.29) is 24.8 Å². The van der Waals surface area contributed by atoms with Crippen molar-refractivity contribution in [2.45, 2.75) is 39.2 Å². The number of carboxylic acid groups (broad SMARTS) is 1. The first kappa shape index (κ1) is 19.5. The zero-order chi connectivity index (χ0) is 18.2. The molecule has 0 aliphatic rings. The van der Waals surface area contributed by atoms with Crippen LogP contribution in [-0.4, -0.2) is 41.6 Å². The van der Waals surface area contributed by atoms with Gasteiger partial charge in [-0.1, -0.05) is 0 Å². The molecule has 0 bridgehead atoms. The van der Waals surface area contributed by atoms with Crippen LogP contribution in [0.25, 0.3) is 0 Å². The molecule has 1 aromatic carbocycles. The Morgan fingerprint density at radius 3 is 2.33 bits per heavy atom. The van der Waals surface area contributed by atoms with Gasteiger partial charge in [0.05, 0.1) is 13.2 Å². The number of aliphatic carboxylic acids is 1. The number of benzene rings is 1. The molecule has 0 radical (unpaired) electrons. The van der Waals surface area contributed by atoms with Crippen molar-refractivity contribution in [1.29, 1.82) is 0 Å². The van der Waals surface area contributed by atoms with Gasteiger partial charge >= 0.3 is 5.97 Å². The van der Waals surface area contributed by atoms with E-state index in [9.17, 15) is 14.4 Å². The van der Waals surface area contributed by atoms with Crippen molar-refractivity contribution in [1.82, 2.24) is 10.6 Å². The number of amides is 2. The van der Waals surface area contributed by atoms with Crippen molar-refractivity contribution in [3.63, 3.8) is 0 Å². The molecular weight excluding hydrogens is 312 g/mol. The van der Waals surface area contributed by atoms with Gasteiger partial charge in [-0.05, 0) is 51.5 Å². The molecule has 0 saturated carbocycles. The van der Waals surface area contributed by atoms with Gasteiger partial charge < -0.3 is 20.5 Å². The van der Waals surface area contributed by atoms with E-state index in [0.29, 0.717) is 24.3 Å². The van der Waals surface area contributed by atoms with Crippen LogP contribution in [0.4, 0.5) is 0 Å². The highest BCUT2D eigenvalue weighted by atomic mass is 16.5. The molecule has 0 atom stereocenters. The number of carboxylic acids is 1. The molecule has 0 saturated heterocycles. The molecule has 0 heterocycles. The third kappa shape index (κ3) is 7.13. The largest absolute Gasteiger partial charge is 0.494 e. The molecule has 0 aromatic heterocycles. The van der Waals surface area contributed by atoms with Gasteiger partial charge in [-0.15, -0.1) is 0 Å². The van der Waals surface area contributed by atoms with E-state index in [1.54, 1.807) is 38.1 Å². The minimum atomic E-state index is -0.916. The van der Waals surface area contributed by atoms with E-state index in [2.05, 4.69) is 10.6 Å². The summed E-state index contributed by atoms with van der Waals surface area (Å²) in [6.45, 7) is 5.72. The number of hydrogen-bond donors (Lipinski definition) is 3. The Morgan fingerprint density at radius 2 is 1.79 bits per heavy atom. The summed E-state index contributed by atoms with van der Waals surface area (Å²) in [5, 5.41) is 13.9. The van der Waals surface area contributed by atoms with Gasteiger partial charge in [0, 0.05) is 17.5 Å². The first-order valence-electron chi connectivity index (χ1n) is 7.77. The van der Waals surface area contributed by atoms with Crippen molar-refractivity contribution in [3.8, 4) is 5.75 Å². The highest BCUT2D eigenvalue weighted by molar-refractivity contribution is 5.96. The Morgan fingerprint density at radius 1 is 1.17 bits per heavy atom. The van der Waals surface area contributed by atoms with Crippen LogP contribution in [0.3, 0.4) is 0 Å². The lowest BCUT2D eigenvalue weighted by Gasteiger charge is -2.25. The van der Waals surface area contributed by atoms with Crippen molar-refractivity contribution in [2.24, 2.45) is 0 Å². The maximum atomic E-state index is 12.0. The van der Waals surface area contributed by atoms with Crippen LogP contribution >= 0.6 is 0 Å². The van der Waals surface area contributed by atoms with Crippen molar-refractivity contribution >= 4 is 17.8 Å². The molecular formula is C17H24N2O5. The fourth-order valence-electron chi connectivity index (χ4n) is 2.04. The van der Waals surface area contributed by atoms with E-state index in [1.807, 2.05) is 6.92 Å². The lowest BCUT2D eigenvalue weighted by molar-refractivity contribution is -0.137. The van der Waals surface area contributed by atoms with Gasteiger partial charge in [0.15, 0.2) is 0 Å². The number of carbonyl (C=O) groups is 3. The smallest absolute Gasteiger partial charge is 0.303 e. The average molecular weight is 336 g/mol. The zero-order valence-electron chi connectivity index (χ0n) is 14.2. The van der Waals surface area contributed by atoms with Crippen LogP contribution in [0.5, 0.6) is 5.75 Å². The maximum Gasteiger partial charge on any atom is 0.303 e. The molecule has 1 rings (SSSR count). The zero-order valence-corrected chi connectivity index (χ0v) is 14.2. The Hall–Kier alpha value is -2.57. The summed E-state index contributed by atoms with van der Waals surface area (Å²) in [5.74, 6) is -0.977. The van der Waals surface area contributed by atoms with Gasteiger partial charge in [0.1, 0.15) is 5.75 Å². The SMILES string of the molecule is CCOc1ccc(C(=O)NCC(=O)NC(C)(C)CCC(=O)O)cc1. The Balaban J connectivity index is 2.45. The van der Waals surface area contributed by atoms with Gasteiger partial charge in [0.25, 0.3) is 5.91 Å². The molecule has 7 nitrogen and oxygen atoms in total. The van der Waals surface area contributed by atoms with Crippen LogP contribution in [0.2, 0.25) is 0 Å². The fourth-order valence-corrected chi connectivity index (χ4v) is 2.04. The second-order valence-corrected chi connectivity index (χ2v) is 5.97. The molecule has 132 valence electrons. The number of carbonyl (C=O) groups excluding carboxylic acids is 2. The molecule has 0 spiro atoms. The summed E-state index contributed by atoms with van der Waals surface area (Å²) in [7, 11) is 0. The summed E-state index contributed by atoms with van der Waals surface area (Å²) in [6, 6.07) is 6.62. The average Bonchev–Trinajstić information content (AvgIpc) is 2.51. The molecule has 7 heteroatoms. The molecule has 24 heavy (non-hydrogen) atoms. The summed E-state index contributed by atoms with van der Waals surface area (Å²) < 4.78 is 5.30. The standard InChI is InChI=1S/C17H24N2O5/c1-4-24-13-7-5-12(6-8-13)16(23)18-11-14(20)19-17(2,3)10-9-15(21)22/h5-8H,4,9-11H2,1-3H3,(H,18,23)(H,19,20)(H,21,22). The Bertz CT molecular complexity index is 581. The predicted molar refractivity (Wildman–Crippen MR) is 89.0 cm³/mol. The Labute approximate surface area is 141 Å². The fraction of sp³-hybridized carbons (Fsp3) is 0.471. The lowest BCUT2D eigenvalue weighted by atomic mass is 9.98. The van der Waals surface area contributed by atoms with E-state index in [1.165, 1.54) is 0 Å². The quantitative estimate of drug-likeness (QED) is 0.635. The highest BCUT2D eigenvalue weighted by Gasteiger charge is 2.21. The first-order valence-corrected chi connectivity index (χ1v) is 7.77. The van der Waals surface area contributed by atoms with Gasteiger partial charge in [-0.25, -0.2) is 0 Å². The van der Waals surface area contributed by atoms with Crippen molar-refractivity contribution < 1.29 is 24.2 Å². The van der Waals surface area contributed by atoms with Crippen molar-refractivity contribution in [2.75, 3.05) is 13.2 Å². The van der Waals surface area contributed by atoms with Crippen LogP contribution in [0.1, 0.15) is 44.0 Å². The number of nitrogens with one attached hydrogen (secondary N) is 2. The van der Waals surface area contributed by atoms with E-state index < -0.39 is 11.5 Å². The third-order valence-electron chi connectivity index (χ3n) is 3.28. The maximum absolute atomic E-state index is 12.0. The highest BCUT2D eigenvalue weighted by Crippen LogP contribution is 2.12. The van der Waals surface area contributed by atoms with E-state index in [0.717, 1.165) is 0 Å². The summed E-state index contributed by atoms with van der Waals surface area (Å²) in [4.78, 5) is 34.5. The normalized spacial score (nSPS) is 10.8. The van der Waals surface area contributed by atoms with E-state index >= 15 is 0 Å². The summed E-state index contributed by atoms with van der Waals surface area (Å²) in [5.41, 5.74) is -0.226. The van der Waals surface area contributed by atoms with Gasteiger partial charge in [-0.2, -0.15) is 0 Å². The Kier molecular flexibility index (Phi) is 7.23. The summed E-state index contributed by atoms with van der Waals surface area (Å²) >= 11 is 0. The molecule has 1 aromatic rings. The second-order valence-electron chi connectivity index (χ2n) is 5.97. The molecule has 0 unspecified atom stereocenters. The van der Waals surface area contributed by atoms with Crippen LogP contribution < -0.4 is 15.4 Å². The number of hydrogen-bond acceptors (Lipinski definition) is 4. The summed E-state index contributed by atoms with van der Waals surface area (Å²) in [6.07, 6.45) is 0.271. The van der Waals surface area contributed by atoms with Gasteiger partial charge in [-0.3, -0.25) is 14.4 Å². The molecule has 0 fully saturated rings. The third-order valence-corrected chi connectivity index (χ3v) is 3.28. The van der Waals surface area contributed by atoms with Gasteiger partial charge in [0.2, 0.25) is 5.91 Å². The van der Waals surface area contributed by atoms with E-state index in [4.69, 9.17) is 9.84 Å². The molecule has 0 aliphatic heterocycles. The first-order chi connectivity index (χ1) is 11.2. The van der Waals surface area contributed by atoms with Crippen LogP contribution in [-0.2, 0) is 9.59 Å². The minimum absolute atomic E-state index is 0.0359. The van der Waals surface area contributed by atoms with Crippen LogP contribution in [0, 0.1) is 0 Å². The second kappa shape index (κ2) is 8.90.